The summed E-state index contributed by atoms with van der Waals surface area (Å²) in [6.45, 7) is 8.09. The van der Waals surface area contributed by atoms with Gasteiger partial charge < -0.3 is 10.2 Å². The molecule has 0 fully saturated rings. The first-order valence-electron chi connectivity index (χ1n) is 11.8. The lowest BCUT2D eigenvalue weighted by atomic mass is 10.1. The molecule has 3 aromatic carbocycles. The van der Waals surface area contributed by atoms with E-state index in [0.717, 1.165) is 33.6 Å². The van der Waals surface area contributed by atoms with Crippen molar-refractivity contribution >= 4 is 17.6 Å². The summed E-state index contributed by atoms with van der Waals surface area (Å²) in [4.78, 5) is 28.0. The zero-order valence-corrected chi connectivity index (χ0v) is 20.6. The maximum atomic E-state index is 13.3. The summed E-state index contributed by atoms with van der Waals surface area (Å²) >= 11 is 0. The average molecular weight is 467 g/mol. The molecule has 0 aliphatic rings. The molecule has 0 spiro atoms. The molecule has 35 heavy (non-hydrogen) atoms. The Morgan fingerprint density at radius 1 is 0.857 bits per heavy atom. The molecule has 0 radical (unpaired) electrons. The lowest BCUT2D eigenvalue weighted by Gasteiger charge is -2.22. The van der Waals surface area contributed by atoms with Gasteiger partial charge in [0.2, 0.25) is 5.91 Å². The molecule has 1 N–H and O–H groups in total. The lowest BCUT2D eigenvalue weighted by molar-refractivity contribution is -0.116. The number of likely N-dealkylation sites (N-methyl/N-ethyl adjacent to an activating group) is 1. The fourth-order valence-corrected chi connectivity index (χ4v) is 4.22. The van der Waals surface area contributed by atoms with Gasteiger partial charge in [0.15, 0.2) is 0 Å². The van der Waals surface area contributed by atoms with Crippen LogP contribution < -0.4 is 5.32 Å². The van der Waals surface area contributed by atoms with Crippen LogP contribution in [0.2, 0.25) is 0 Å². The molecule has 1 heterocycles. The quantitative estimate of drug-likeness (QED) is 0.387. The molecular weight excluding hydrogens is 436 g/mol. The van der Waals surface area contributed by atoms with Crippen LogP contribution in [-0.4, -0.2) is 39.6 Å². The summed E-state index contributed by atoms with van der Waals surface area (Å²) < 4.78 is 1.78. The standard InChI is InChI=1S/C29H30N4O2/c1-5-32(29(35)24-17-11-9-13-20(24)2)19-26(34)30-28-27(23-15-7-6-8-16-23)22(4)31-33(28)25-18-12-10-14-21(25)3/h6-18H,5,19H2,1-4H3,(H,30,34). The van der Waals surface area contributed by atoms with Gasteiger partial charge in [0.05, 0.1) is 11.4 Å². The number of benzene rings is 3. The Hall–Kier alpha value is -4.19. The highest BCUT2D eigenvalue weighted by atomic mass is 16.2. The number of carbonyl (C=O) groups excluding carboxylic acids is 2. The van der Waals surface area contributed by atoms with E-state index in [2.05, 4.69) is 5.32 Å². The number of hydrogen-bond acceptors (Lipinski definition) is 3. The first-order chi connectivity index (χ1) is 16.9. The number of nitrogens with one attached hydrogen (secondary N) is 1. The molecule has 0 bridgehead atoms. The highest BCUT2D eigenvalue weighted by molar-refractivity contribution is 6.01. The van der Waals surface area contributed by atoms with Crippen molar-refractivity contribution in [1.29, 1.82) is 0 Å². The number of amides is 2. The maximum absolute atomic E-state index is 13.3. The van der Waals surface area contributed by atoms with Crippen LogP contribution in [0.15, 0.2) is 78.9 Å². The van der Waals surface area contributed by atoms with Gasteiger partial charge in [0.25, 0.3) is 5.91 Å². The number of carbonyl (C=O) groups is 2. The van der Waals surface area contributed by atoms with Gasteiger partial charge in [-0.25, -0.2) is 4.68 Å². The number of hydrogen-bond donors (Lipinski definition) is 1. The van der Waals surface area contributed by atoms with E-state index in [4.69, 9.17) is 5.10 Å². The van der Waals surface area contributed by atoms with Crippen molar-refractivity contribution in [3.63, 3.8) is 0 Å². The minimum absolute atomic E-state index is 0.0596. The Morgan fingerprint density at radius 2 is 1.49 bits per heavy atom. The maximum Gasteiger partial charge on any atom is 0.254 e. The van der Waals surface area contributed by atoms with E-state index in [-0.39, 0.29) is 18.4 Å². The van der Waals surface area contributed by atoms with Crippen molar-refractivity contribution < 1.29 is 9.59 Å². The van der Waals surface area contributed by atoms with Crippen LogP contribution in [0.3, 0.4) is 0 Å². The van der Waals surface area contributed by atoms with Crippen molar-refractivity contribution in [2.24, 2.45) is 0 Å². The topological polar surface area (TPSA) is 67.2 Å². The van der Waals surface area contributed by atoms with Gasteiger partial charge >= 0.3 is 0 Å². The van der Waals surface area contributed by atoms with Crippen LogP contribution >= 0.6 is 0 Å². The largest absolute Gasteiger partial charge is 0.330 e. The summed E-state index contributed by atoms with van der Waals surface area (Å²) in [5.74, 6) is 0.153. The molecule has 0 atom stereocenters. The predicted molar refractivity (Wildman–Crippen MR) is 140 cm³/mol. The van der Waals surface area contributed by atoms with Crippen LogP contribution in [0.4, 0.5) is 5.82 Å². The number of aromatic nitrogens is 2. The van der Waals surface area contributed by atoms with Gasteiger partial charge in [-0.1, -0.05) is 66.7 Å². The Balaban J connectivity index is 1.69. The number of para-hydroxylation sites is 1. The van der Waals surface area contributed by atoms with Gasteiger partial charge in [-0.15, -0.1) is 0 Å². The van der Waals surface area contributed by atoms with E-state index >= 15 is 0 Å². The second kappa shape index (κ2) is 10.4. The van der Waals surface area contributed by atoms with E-state index in [0.29, 0.717) is 17.9 Å². The molecule has 0 saturated carbocycles. The third kappa shape index (κ3) is 5.01. The van der Waals surface area contributed by atoms with Crippen LogP contribution in [0, 0.1) is 20.8 Å². The summed E-state index contributed by atoms with van der Waals surface area (Å²) in [5.41, 5.74) is 6.03. The summed E-state index contributed by atoms with van der Waals surface area (Å²) in [5, 5.41) is 7.86. The highest BCUT2D eigenvalue weighted by Crippen LogP contribution is 2.34. The van der Waals surface area contributed by atoms with E-state index in [1.54, 1.807) is 15.6 Å². The normalized spacial score (nSPS) is 10.7. The third-order valence-electron chi connectivity index (χ3n) is 6.10. The van der Waals surface area contributed by atoms with Crippen molar-refractivity contribution in [1.82, 2.24) is 14.7 Å². The highest BCUT2D eigenvalue weighted by Gasteiger charge is 2.23. The van der Waals surface area contributed by atoms with Crippen LogP contribution in [-0.2, 0) is 4.79 Å². The molecule has 0 aliphatic carbocycles. The number of rotatable bonds is 7. The minimum Gasteiger partial charge on any atom is -0.330 e. The zero-order valence-electron chi connectivity index (χ0n) is 20.6. The Morgan fingerprint density at radius 3 is 2.14 bits per heavy atom. The predicted octanol–water partition coefficient (Wildman–Crippen LogP) is 5.57. The number of anilines is 1. The van der Waals surface area contributed by atoms with Crippen molar-refractivity contribution in [2.75, 3.05) is 18.4 Å². The minimum atomic E-state index is -0.277. The fourth-order valence-electron chi connectivity index (χ4n) is 4.22. The van der Waals surface area contributed by atoms with Crippen LogP contribution in [0.25, 0.3) is 16.8 Å². The summed E-state index contributed by atoms with van der Waals surface area (Å²) in [6.07, 6.45) is 0. The molecule has 4 aromatic rings. The molecule has 1 aromatic heterocycles. The first kappa shape index (κ1) is 24.0. The molecule has 0 saturated heterocycles. The van der Waals surface area contributed by atoms with Crippen molar-refractivity contribution in [3.8, 4) is 16.8 Å². The smallest absolute Gasteiger partial charge is 0.254 e. The number of nitrogens with zero attached hydrogens (tertiary/aromatic N) is 3. The molecule has 0 unspecified atom stereocenters. The molecule has 178 valence electrons. The molecule has 2 amide bonds. The van der Waals surface area contributed by atoms with Crippen molar-refractivity contribution in [3.05, 3.63) is 101 Å². The third-order valence-corrected chi connectivity index (χ3v) is 6.10. The molecule has 6 nitrogen and oxygen atoms in total. The molecular formula is C29H30N4O2. The first-order valence-corrected chi connectivity index (χ1v) is 11.8. The van der Waals surface area contributed by atoms with Crippen molar-refractivity contribution in [2.45, 2.75) is 27.7 Å². The molecule has 0 aliphatic heterocycles. The zero-order chi connectivity index (χ0) is 24.9. The van der Waals surface area contributed by atoms with Gasteiger partial charge in [0, 0.05) is 17.7 Å². The summed E-state index contributed by atoms with van der Waals surface area (Å²) in [6, 6.07) is 25.2. The SMILES string of the molecule is CCN(CC(=O)Nc1c(-c2ccccc2)c(C)nn1-c1ccccc1C)C(=O)c1ccccc1C. The van der Waals surface area contributed by atoms with E-state index < -0.39 is 0 Å². The second-order valence-electron chi connectivity index (χ2n) is 8.56. The van der Waals surface area contributed by atoms with Gasteiger partial charge in [0.1, 0.15) is 12.4 Å². The summed E-state index contributed by atoms with van der Waals surface area (Å²) in [7, 11) is 0. The Kier molecular flexibility index (Phi) is 7.11. The fraction of sp³-hybridized carbons (Fsp3) is 0.207. The van der Waals surface area contributed by atoms with E-state index in [9.17, 15) is 9.59 Å². The van der Waals surface area contributed by atoms with Crippen LogP contribution in [0.1, 0.15) is 34.1 Å². The monoisotopic (exact) mass is 466 g/mol. The Labute approximate surface area is 206 Å². The van der Waals surface area contributed by atoms with Gasteiger partial charge in [-0.2, -0.15) is 5.10 Å². The number of aryl methyl sites for hydroxylation is 3. The van der Waals surface area contributed by atoms with Gasteiger partial charge in [-0.05, 0) is 56.5 Å². The molecule has 4 rings (SSSR count). The molecule has 6 heteroatoms. The second-order valence-corrected chi connectivity index (χ2v) is 8.56. The lowest BCUT2D eigenvalue weighted by Crippen LogP contribution is -2.38. The Bertz CT molecular complexity index is 1360. The van der Waals surface area contributed by atoms with Crippen LogP contribution in [0.5, 0.6) is 0 Å². The van der Waals surface area contributed by atoms with E-state index in [1.807, 2.05) is 100 Å². The van der Waals surface area contributed by atoms with Gasteiger partial charge in [-0.3, -0.25) is 9.59 Å². The average Bonchev–Trinajstić information content (AvgIpc) is 3.18. The van der Waals surface area contributed by atoms with E-state index in [1.165, 1.54) is 0 Å².